The van der Waals surface area contributed by atoms with Crippen LogP contribution in [0.1, 0.15) is 22.8 Å². The predicted octanol–water partition coefficient (Wildman–Crippen LogP) is 3.90. The van der Waals surface area contributed by atoms with E-state index in [1.165, 1.54) is 12.1 Å². The van der Waals surface area contributed by atoms with E-state index in [2.05, 4.69) is 15.9 Å². The highest BCUT2D eigenvalue weighted by Gasteiger charge is 2.21. The minimum Gasteiger partial charge on any atom is -0.454 e. The molecule has 0 aliphatic carbocycles. The second-order valence-electron chi connectivity index (χ2n) is 5.03. The van der Waals surface area contributed by atoms with Crippen molar-refractivity contribution in [3.05, 3.63) is 57.3 Å². The van der Waals surface area contributed by atoms with Gasteiger partial charge in [-0.3, -0.25) is 0 Å². The molecule has 1 aliphatic rings. The highest BCUT2D eigenvalue weighted by molar-refractivity contribution is 9.10. The lowest BCUT2D eigenvalue weighted by molar-refractivity contribution is 0.171. The van der Waals surface area contributed by atoms with Crippen molar-refractivity contribution in [2.75, 3.05) is 6.79 Å². The van der Waals surface area contributed by atoms with Gasteiger partial charge in [-0.1, -0.05) is 6.07 Å². The molecule has 0 saturated carbocycles. The van der Waals surface area contributed by atoms with Crippen molar-refractivity contribution in [1.82, 2.24) is 0 Å². The molecule has 3 rings (SSSR count). The standard InChI is InChI=1S/C16H14BrFO3/c1-9-2-3-12(18)4-10(9)6-14(19)11-5-13(17)16-15(7-11)20-8-21-16/h2-5,7,14,19H,6,8H2,1H3. The summed E-state index contributed by atoms with van der Waals surface area (Å²) in [5.41, 5.74) is 2.45. The van der Waals surface area contributed by atoms with Crippen LogP contribution in [0.4, 0.5) is 4.39 Å². The molecule has 1 N–H and O–H groups in total. The second kappa shape index (κ2) is 5.66. The summed E-state index contributed by atoms with van der Waals surface area (Å²) < 4.78 is 24.7. The zero-order valence-electron chi connectivity index (χ0n) is 11.4. The molecule has 21 heavy (non-hydrogen) atoms. The van der Waals surface area contributed by atoms with Crippen LogP contribution in [0.3, 0.4) is 0 Å². The van der Waals surface area contributed by atoms with Crippen LogP contribution in [0.25, 0.3) is 0 Å². The van der Waals surface area contributed by atoms with Crippen molar-refractivity contribution >= 4 is 15.9 Å². The van der Waals surface area contributed by atoms with Gasteiger partial charge in [0.2, 0.25) is 6.79 Å². The molecule has 1 unspecified atom stereocenters. The summed E-state index contributed by atoms with van der Waals surface area (Å²) in [6.45, 7) is 2.08. The van der Waals surface area contributed by atoms with Gasteiger partial charge >= 0.3 is 0 Å². The quantitative estimate of drug-likeness (QED) is 0.910. The van der Waals surface area contributed by atoms with Crippen molar-refractivity contribution in [3.8, 4) is 11.5 Å². The zero-order chi connectivity index (χ0) is 15.0. The Balaban J connectivity index is 1.87. The van der Waals surface area contributed by atoms with Crippen molar-refractivity contribution in [3.63, 3.8) is 0 Å². The van der Waals surface area contributed by atoms with Gasteiger partial charge in [-0.2, -0.15) is 0 Å². The lowest BCUT2D eigenvalue weighted by Crippen LogP contribution is -2.04. The smallest absolute Gasteiger partial charge is 0.231 e. The number of benzene rings is 2. The molecule has 0 bridgehead atoms. The monoisotopic (exact) mass is 352 g/mol. The topological polar surface area (TPSA) is 38.7 Å². The Morgan fingerprint density at radius 1 is 1.29 bits per heavy atom. The predicted molar refractivity (Wildman–Crippen MR) is 80.1 cm³/mol. The number of aliphatic hydroxyl groups is 1. The number of aryl methyl sites for hydroxylation is 1. The third-order valence-electron chi connectivity index (χ3n) is 3.56. The van der Waals surface area contributed by atoms with E-state index in [0.29, 0.717) is 23.5 Å². The van der Waals surface area contributed by atoms with Crippen LogP contribution in [-0.2, 0) is 6.42 Å². The number of ether oxygens (including phenoxy) is 2. The first kappa shape index (κ1) is 14.4. The molecule has 0 saturated heterocycles. The summed E-state index contributed by atoms with van der Waals surface area (Å²) >= 11 is 3.40. The van der Waals surface area contributed by atoms with E-state index in [9.17, 15) is 9.50 Å². The maximum Gasteiger partial charge on any atom is 0.231 e. The molecular formula is C16H14BrFO3. The summed E-state index contributed by atoms with van der Waals surface area (Å²) in [6, 6.07) is 8.15. The number of hydrogen-bond donors (Lipinski definition) is 1. The molecule has 0 aromatic heterocycles. The number of hydrogen-bond acceptors (Lipinski definition) is 3. The first-order valence-electron chi connectivity index (χ1n) is 6.56. The van der Waals surface area contributed by atoms with Gasteiger partial charge in [0.25, 0.3) is 0 Å². The Morgan fingerprint density at radius 2 is 2.10 bits per heavy atom. The Morgan fingerprint density at radius 3 is 2.90 bits per heavy atom. The lowest BCUT2D eigenvalue weighted by atomic mass is 9.98. The fourth-order valence-electron chi connectivity index (χ4n) is 2.37. The van der Waals surface area contributed by atoms with Gasteiger partial charge in [-0.05, 0) is 63.8 Å². The summed E-state index contributed by atoms with van der Waals surface area (Å²) in [7, 11) is 0. The van der Waals surface area contributed by atoms with Gasteiger partial charge in [0.1, 0.15) is 5.82 Å². The average Bonchev–Trinajstić information content (AvgIpc) is 2.91. The zero-order valence-corrected chi connectivity index (χ0v) is 13.0. The highest BCUT2D eigenvalue weighted by atomic mass is 79.9. The molecule has 110 valence electrons. The van der Waals surface area contributed by atoms with Crippen LogP contribution in [0, 0.1) is 12.7 Å². The third-order valence-corrected chi connectivity index (χ3v) is 4.15. The average molecular weight is 353 g/mol. The largest absolute Gasteiger partial charge is 0.454 e. The minimum absolute atomic E-state index is 0.177. The van der Waals surface area contributed by atoms with Crippen LogP contribution in [0.15, 0.2) is 34.8 Å². The molecule has 1 aliphatic heterocycles. The van der Waals surface area contributed by atoms with Crippen molar-refractivity contribution in [2.45, 2.75) is 19.4 Å². The molecule has 1 atom stereocenters. The number of rotatable bonds is 3. The highest BCUT2D eigenvalue weighted by Crippen LogP contribution is 2.41. The van der Waals surface area contributed by atoms with E-state index in [-0.39, 0.29) is 12.6 Å². The normalized spacial score (nSPS) is 14.3. The van der Waals surface area contributed by atoms with Gasteiger partial charge < -0.3 is 14.6 Å². The van der Waals surface area contributed by atoms with Crippen molar-refractivity contribution in [2.24, 2.45) is 0 Å². The van der Waals surface area contributed by atoms with Crippen LogP contribution in [0.5, 0.6) is 11.5 Å². The maximum atomic E-state index is 13.3. The van der Waals surface area contributed by atoms with E-state index < -0.39 is 6.10 Å². The van der Waals surface area contributed by atoms with Gasteiger partial charge in [-0.15, -0.1) is 0 Å². The van der Waals surface area contributed by atoms with Gasteiger partial charge in [0.15, 0.2) is 11.5 Å². The minimum atomic E-state index is -0.740. The van der Waals surface area contributed by atoms with E-state index in [0.717, 1.165) is 15.6 Å². The van der Waals surface area contributed by atoms with Gasteiger partial charge in [-0.25, -0.2) is 4.39 Å². The summed E-state index contributed by atoms with van der Waals surface area (Å²) in [5.74, 6) is 0.956. The van der Waals surface area contributed by atoms with E-state index in [1.54, 1.807) is 18.2 Å². The molecule has 2 aromatic carbocycles. The molecule has 0 radical (unpaired) electrons. The first-order valence-corrected chi connectivity index (χ1v) is 7.36. The van der Waals surface area contributed by atoms with E-state index in [4.69, 9.17) is 9.47 Å². The fraction of sp³-hybridized carbons (Fsp3) is 0.250. The molecule has 3 nitrogen and oxygen atoms in total. The molecule has 2 aromatic rings. The molecule has 0 spiro atoms. The molecular weight excluding hydrogens is 339 g/mol. The fourth-order valence-corrected chi connectivity index (χ4v) is 2.94. The Bertz CT molecular complexity index is 687. The lowest BCUT2D eigenvalue weighted by Gasteiger charge is -2.14. The SMILES string of the molecule is Cc1ccc(F)cc1CC(O)c1cc(Br)c2c(c1)OCO2. The molecule has 0 fully saturated rings. The van der Waals surface area contributed by atoms with Gasteiger partial charge in [0, 0.05) is 6.42 Å². The Labute approximate surface area is 130 Å². The maximum absolute atomic E-state index is 13.3. The number of aliphatic hydroxyl groups excluding tert-OH is 1. The Kier molecular flexibility index (Phi) is 3.87. The second-order valence-corrected chi connectivity index (χ2v) is 5.88. The van der Waals surface area contributed by atoms with E-state index in [1.807, 2.05) is 6.92 Å². The van der Waals surface area contributed by atoms with Gasteiger partial charge in [0.05, 0.1) is 10.6 Å². The molecule has 5 heteroatoms. The Hall–Kier alpha value is -1.59. The molecule has 0 amide bonds. The van der Waals surface area contributed by atoms with Crippen LogP contribution in [0.2, 0.25) is 0 Å². The van der Waals surface area contributed by atoms with Crippen molar-refractivity contribution < 1.29 is 19.0 Å². The summed E-state index contributed by atoms with van der Waals surface area (Å²) in [5, 5.41) is 10.4. The van der Waals surface area contributed by atoms with Crippen LogP contribution in [-0.4, -0.2) is 11.9 Å². The number of fused-ring (bicyclic) bond motifs is 1. The van der Waals surface area contributed by atoms with Crippen LogP contribution < -0.4 is 9.47 Å². The molecule has 1 heterocycles. The number of halogens is 2. The van der Waals surface area contributed by atoms with Crippen LogP contribution >= 0.6 is 15.9 Å². The summed E-state index contributed by atoms with van der Waals surface area (Å²) in [6.07, 6.45) is -0.397. The third kappa shape index (κ3) is 2.89. The summed E-state index contributed by atoms with van der Waals surface area (Å²) in [4.78, 5) is 0. The van der Waals surface area contributed by atoms with E-state index >= 15 is 0 Å². The van der Waals surface area contributed by atoms with Crippen molar-refractivity contribution in [1.29, 1.82) is 0 Å². The first-order chi connectivity index (χ1) is 10.0.